The molecule has 1 fully saturated rings. The van der Waals surface area contributed by atoms with Crippen LogP contribution in [0, 0.1) is 5.92 Å². The smallest absolute Gasteiger partial charge is 0.350 e. The molecule has 1 aliphatic heterocycles. The maximum Gasteiger partial charge on any atom is 0.409 e. The van der Waals surface area contributed by atoms with Crippen LogP contribution in [0.2, 0.25) is 0 Å². The van der Waals surface area contributed by atoms with E-state index in [4.69, 9.17) is 0 Å². The maximum atomic E-state index is 12.4. The third kappa shape index (κ3) is 4.26. The molecule has 2 N–H and O–H groups in total. The highest BCUT2D eigenvalue weighted by atomic mass is 19.4. The molecule has 0 atom stereocenters. The predicted molar refractivity (Wildman–Crippen MR) is 54.3 cm³/mol. The molecule has 0 saturated carbocycles. The summed E-state index contributed by atoms with van der Waals surface area (Å²) in [5, 5.41) is 4.80. The van der Waals surface area contributed by atoms with E-state index in [9.17, 15) is 31.1 Å². The first-order chi connectivity index (χ1) is 8.46. The van der Waals surface area contributed by atoms with Crippen molar-refractivity contribution in [1.29, 1.82) is 0 Å². The van der Waals surface area contributed by atoms with Crippen molar-refractivity contribution in [3.8, 4) is 0 Å². The summed E-state index contributed by atoms with van der Waals surface area (Å²) >= 11 is 0. The van der Waals surface area contributed by atoms with Crippen molar-refractivity contribution in [3.05, 3.63) is 0 Å². The van der Waals surface area contributed by atoms with Gasteiger partial charge in [-0.25, -0.2) is 0 Å². The third-order valence-electron chi connectivity index (χ3n) is 3.05. The van der Waals surface area contributed by atoms with Gasteiger partial charge in [0.15, 0.2) is 0 Å². The topological polar surface area (TPSA) is 41.1 Å². The van der Waals surface area contributed by atoms with E-state index < -0.39 is 29.7 Å². The Labute approximate surface area is 105 Å². The van der Waals surface area contributed by atoms with Crippen LogP contribution in [0.15, 0.2) is 0 Å². The number of amides is 1. The van der Waals surface area contributed by atoms with Gasteiger partial charge >= 0.3 is 12.4 Å². The Hall–Kier alpha value is -0.990. The number of nitrogens with one attached hydrogen (secondary N) is 2. The molecule has 19 heavy (non-hydrogen) atoms. The molecule has 1 saturated heterocycles. The molecular formula is C10H14F6N2O. The molecular weight excluding hydrogens is 278 g/mol. The molecule has 0 aliphatic carbocycles. The molecule has 9 heteroatoms. The molecule has 0 radical (unpaired) electrons. The summed E-state index contributed by atoms with van der Waals surface area (Å²) in [6.07, 6.45) is -10.7. The summed E-state index contributed by atoms with van der Waals surface area (Å²) in [7, 11) is 0. The normalized spacial score (nSPS) is 20.4. The molecule has 0 aromatic heterocycles. The lowest BCUT2D eigenvalue weighted by molar-refractivity contribution is -0.274. The second kappa shape index (κ2) is 5.18. The largest absolute Gasteiger partial charge is 0.409 e. The minimum absolute atomic E-state index is 0.279. The van der Waals surface area contributed by atoms with Crippen LogP contribution >= 0.6 is 0 Å². The number of hydrogen-bond acceptors (Lipinski definition) is 2. The van der Waals surface area contributed by atoms with Crippen LogP contribution in [0.4, 0.5) is 26.3 Å². The zero-order chi connectivity index (χ0) is 14.9. The number of alkyl halides is 6. The highest BCUT2D eigenvalue weighted by Gasteiger charge is 2.61. The lowest BCUT2D eigenvalue weighted by Gasteiger charge is -2.36. The van der Waals surface area contributed by atoms with Crippen LogP contribution in [-0.4, -0.2) is 36.9 Å². The Morgan fingerprint density at radius 2 is 1.53 bits per heavy atom. The van der Waals surface area contributed by atoms with Crippen molar-refractivity contribution in [2.45, 2.75) is 37.7 Å². The zero-order valence-corrected chi connectivity index (χ0v) is 10.1. The number of piperidine rings is 1. The van der Waals surface area contributed by atoms with Crippen LogP contribution < -0.4 is 10.6 Å². The molecule has 1 rings (SSSR count). The van der Waals surface area contributed by atoms with E-state index in [1.807, 2.05) is 5.32 Å². The Balaban J connectivity index is 2.84. The van der Waals surface area contributed by atoms with E-state index in [0.29, 0.717) is 13.1 Å². The molecule has 0 bridgehead atoms. The quantitative estimate of drug-likeness (QED) is 0.764. The molecule has 0 aromatic rings. The maximum absolute atomic E-state index is 12.4. The van der Waals surface area contributed by atoms with Gasteiger partial charge in [0.25, 0.3) is 0 Å². The van der Waals surface area contributed by atoms with Gasteiger partial charge in [-0.05, 0) is 32.9 Å². The SMILES string of the molecule is CC1(NC(=O)C(C(F)(F)F)C(F)(F)F)CCNCC1. The fourth-order valence-electron chi connectivity index (χ4n) is 1.96. The van der Waals surface area contributed by atoms with Gasteiger partial charge in [-0.3, -0.25) is 4.79 Å². The van der Waals surface area contributed by atoms with Gasteiger partial charge < -0.3 is 10.6 Å². The molecule has 0 unspecified atom stereocenters. The van der Waals surface area contributed by atoms with Crippen molar-refractivity contribution in [1.82, 2.24) is 10.6 Å². The van der Waals surface area contributed by atoms with Crippen molar-refractivity contribution in [2.75, 3.05) is 13.1 Å². The van der Waals surface area contributed by atoms with E-state index in [2.05, 4.69) is 5.32 Å². The molecule has 0 aromatic carbocycles. The zero-order valence-electron chi connectivity index (χ0n) is 10.1. The predicted octanol–water partition coefficient (Wildman–Crippen LogP) is 1.99. The van der Waals surface area contributed by atoms with Crippen LogP contribution in [-0.2, 0) is 4.79 Å². The Morgan fingerprint density at radius 1 is 1.11 bits per heavy atom. The van der Waals surface area contributed by atoms with Gasteiger partial charge in [-0.2, -0.15) is 26.3 Å². The van der Waals surface area contributed by atoms with Crippen molar-refractivity contribution in [3.63, 3.8) is 0 Å². The molecule has 3 nitrogen and oxygen atoms in total. The van der Waals surface area contributed by atoms with E-state index >= 15 is 0 Å². The van der Waals surface area contributed by atoms with Gasteiger partial charge in [-0.1, -0.05) is 0 Å². The number of rotatable bonds is 2. The second-order valence-electron chi connectivity index (χ2n) is 4.82. The van der Waals surface area contributed by atoms with Gasteiger partial charge in [0.1, 0.15) is 0 Å². The van der Waals surface area contributed by atoms with Crippen molar-refractivity contribution in [2.24, 2.45) is 5.92 Å². The average Bonchev–Trinajstić information content (AvgIpc) is 2.11. The molecule has 0 spiro atoms. The highest BCUT2D eigenvalue weighted by Crippen LogP contribution is 2.39. The highest BCUT2D eigenvalue weighted by molar-refractivity contribution is 5.81. The van der Waals surface area contributed by atoms with E-state index in [-0.39, 0.29) is 12.8 Å². The Morgan fingerprint density at radius 3 is 1.89 bits per heavy atom. The summed E-state index contributed by atoms with van der Waals surface area (Å²) in [6, 6.07) is 0. The minimum Gasteiger partial charge on any atom is -0.350 e. The minimum atomic E-state index is -5.65. The lowest BCUT2D eigenvalue weighted by atomic mass is 9.89. The fraction of sp³-hybridized carbons (Fsp3) is 0.900. The first-order valence-electron chi connectivity index (χ1n) is 5.62. The monoisotopic (exact) mass is 292 g/mol. The van der Waals surface area contributed by atoms with Crippen LogP contribution in [0.5, 0.6) is 0 Å². The molecule has 1 amide bonds. The van der Waals surface area contributed by atoms with E-state index in [1.165, 1.54) is 6.92 Å². The summed E-state index contributed by atoms with van der Waals surface area (Å²) in [6.45, 7) is 2.30. The number of hydrogen-bond donors (Lipinski definition) is 2. The van der Waals surface area contributed by atoms with Crippen molar-refractivity contribution >= 4 is 5.91 Å². The number of halogens is 6. The second-order valence-corrected chi connectivity index (χ2v) is 4.82. The fourth-order valence-corrected chi connectivity index (χ4v) is 1.96. The summed E-state index contributed by atoms with van der Waals surface area (Å²) in [5.74, 6) is -6.02. The van der Waals surface area contributed by atoms with Gasteiger partial charge in [-0.15, -0.1) is 0 Å². The molecule has 1 heterocycles. The first kappa shape index (κ1) is 16.1. The Kier molecular flexibility index (Phi) is 4.38. The molecule has 112 valence electrons. The average molecular weight is 292 g/mol. The summed E-state index contributed by atoms with van der Waals surface area (Å²) < 4.78 is 74.1. The van der Waals surface area contributed by atoms with Crippen LogP contribution in [0.25, 0.3) is 0 Å². The first-order valence-corrected chi connectivity index (χ1v) is 5.62. The number of carbonyl (C=O) groups excluding carboxylic acids is 1. The Bertz CT molecular complexity index is 318. The standard InChI is InChI=1S/C10H14F6N2O/c1-8(2-4-17-5-3-8)18-7(19)6(9(11,12)13)10(14,15)16/h6,17H,2-5H2,1H3,(H,18,19). The van der Waals surface area contributed by atoms with E-state index in [0.717, 1.165) is 0 Å². The third-order valence-corrected chi connectivity index (χ3v) is 3.05. The summed E-state index contributed by atoms with van der Waals surface area (Å²) in [5.41, 5.74) is -1.04. The van der Waals surface area contributed by atoms with Gasteiger partial charge in [0.05, 0.1) is 0 Å². The van der Waals surface area contributed by atoms with Gasteiger partial charge in [0.2, 0.25) is 11.8 Å². The van der Waals surface area contributed by atoms with Gasteiger partial charge in [0, 0.05) is 5.54 Å². The molecule has 1 aliphatic rings. The lowest BCUT2D eigenvalue weighted by Crippen LogP contribution is -2.57. The van der Waals surface area contributed by atoms with Crippen LogP contribution in [0.1, 0.15) is 19.8 Å². The summed E-state index contributed by atoms with van der Waals surface area (Å²) in [4.78, 5) is 11.3. The van der Waals surface area contributed by atoms with Crippen LogP contribution in [0.3, 0.4) is 0 Å². The van der Waals surface area contributed by atoms with Crippen molar-refractivity contribution < 1.29 is 31.1 Å². The van der Waals surface area contributed by atoms with E-state index in [1.54, 1.807) is 0 Å². The number of carbonyl (C=O) groups is 1.